The van der Waals surface area contributed by atoms with Gasteiger partial charge in [0.05, 0.1) is 17.2 Å². The van der Waals surface area contributed by atoms with Crippen LogP contribution in [0.1, 0.15) is 24.1 Å². The van der Waals surface area contributed by atoms with Gasteiger partial charge in [-0.15, -0.1) is 4.98 Å². The van der Waals surface area contributed by atoms with Crippen molar-refractivity contribution < 1.29 is 8.78 Å². The molecule has 202 valence electrons. The van der Waals surface area contributed by atoms with Crippen LogP contribution in [-0.4, -0.2) is 46.2 Å². The van der Waals surface area contributed by atoms with Gasteiger partial charge in [0.1, 0.15) is 11.6 Å². The predicted octanol–water partition coefficient (Wildman–Crippen LogP) is 5.74. The van der Waals surface area contributed by atoms with Gasteiger partial charge in [-0.1, -0.05) is 36.0 Å². The highest BCUT2D eigenvalue weighted by Crippen LogP contribution is 2.36. The van der Waals surface area contributed by atoms with Gasteiger partial charge >= 0.3 is 0 Å². The molecular weight excluding hydrogens is 514 g/mol. The number of benzene rings is 2. The van der Waals surface area contributed by atoms with Gasteiger partial charge in [0.25, 0.3) is 11.4 Å². The number of azide groups is 1. The van der Waals surface area contributed by atoms with Crippen molar-refractivity contribution in [3.63, 3.8) is 0 Å². The van der Waals surface area contributed by atoms with Gasteiger partial charge in [-0.3, -0.25) is 9.69 Å². The Bertz CT molecular complexity index is 1650. The van der Waals surface area contributed by atoms with E-state index in [2.05, 4.69) is 29.7 Å². The Kier molecular flexibility index (Phi) is 7.47. The highest BCUT2D eigenvalue weighted by molar-refractivity contribution is 5.89. The Labute approximate surface area is 229 Å². The Balaban J connectivity index is 1.62. The molecule has 11 heteroatoms. The van der Waals surface area contributed by atoms with Crippen LogP contribution in [0.15, 0.2) is 76.6 Å². The van der Waals surface area contributed by atoms with Crippen molar-refractivity contribution in [2.45, 2.75) is 25.0 Å². The second-order valence-electron chi connectivity index (χ2n) is 9.85. The number of hydrogen-bond donors (Lipinski definition) is 0. The molecule has 0 N–H and O–H groups in total. The first-order valence-electron chi connectivity index (χ1n) is 12.7. The number of anilines is 1. The molecule has 2 aromatic heterocycles. The summed E-state index contributed by atoms with van der Waals surface area (Å²) >= 11 is 0. The minimum atomic E-state index is -0.378. The molecule has 1 saturated heterocycles. The fourth-order valence-electron chi connectivity index (χ4n) is 5.46. The quantitative estimate of drug-likeness (QED) is 0.135. The molecule has 1 aliphatic rings. The van der Waals surface area contributed by atoms with Gasteiger partial charge < -0.3 is 14.3 Å². The maximum Gasteiger partial charge on any atom is 0.270 e. The zero-order valence-electron chi connectivity index (χ0n) is 21.9. The van der Waals surface area contributed by atoms with Crippen LogP contribution in [0, 0.1) is 18.2 Å². The molecule has 0 spiro atoms. The fourth-order valence-corrected chi connectivity index (χ4v) is 5.46. The summed E-state index contributed by atoms with van der Waals surface area (Å²) < 4.78 is 29.2. The molecule has 1 fully saturated rings. The van der Waals surface area contributed by atoms with Crippen LogP contribution in [0.4, 0.5) is 20.3 Å². The number of aryl methyl sites for hydroxylation is 1. The summed E-state index contributed by atoms with van der Waals surface area (Å²) in [6.07, 6.45) is 0. The molecule has 2 atom stereocenters. The minimum absolute atomic E-state index is 0.127. The SMILES string of the molecule is [C-]#[N+]c1ccc2c(n1)c(N1C[C@@H](CN=[N+]=[N-])N(C(c3ccc(F)cc3)c3ccc(F)cc3)C[C@@H]1C)cc(=O)n2C. The van der Waals surface area contributed by atoms with Crippen LogP contribution in [0.3, 0.4) is 0 Å². The van der Waals surface area contributed by atoms with Crippen molar-refractivity contribution in [2.24, 2.45) is 12.2 Å². The van der Waals surface area contributed by atoms with Crippen molar-refractivity contribution >= 4 is 22.5 Å². The van der Waals surface area contributed by atoms with Gasteiger partial charge in [0.15, 0.2) is 0 Å². The largest absolute Gasteiger partial charge is 0.362 e. The molecule has 2 aromatic carbocycles. The van der Waals surface area contributed by atoms with E-state index in [1.807, 2.05) is 6.92 Å². The summed E-state index contributed by atoms with van der Waals surface area (Å²) in [5.74, 6) is -0.513. The standard InChI is InChI=1S/C29H26F2N8O/c1-18-16-39(29(19-4-8-21(30)9-5-19)20-6-10-22(31)11-7-20)23(15-34-36-32)17-38(18)25-14-27(40)37(3)24-12-13-26(33-2)35-28(24)25/h4-14,18,23,29H,15-17H2,1,3H3/t18-,23+/m0/s1. The third-order valence-corrected chi connectivity index (χ3v) is 7.42. The zero-order valence-corrected chi connectivity index (χ0v) is 21.9. The van der Waals surface area contributed by atoms with E-state index in [1.54, 1.807) is 43.4 Å². The number of piperazine rings is 1. The third-order valence-electron chi connectivity index (χ3n) is 7.42. The molecule has 9 nitrogen and oxygen atoms in total. The molecule has 0 bridgehead atoms. The summed E-state index contributed by atoms with van der Waals surface area (Å²) in [4.78, 5) is 28.1. The average molecular weight is 541 g/mol. The van der Waals surface area contributed by atoms with E-state index in [9.17, 15) is 19.1 Å². The van der Waals surface area contributed by atoms with Gasteiger partial charge in [0.2, 0.25) is 5.52 Å². The number of hydrogen-bond acceptors (Lipinski definition) is 5. The summed E-state index contributed by atoms with van der Waals surface area (Å²) in [6, 6.07) is 16.4. The van der Waals surface area contributed by atoms with Crippen molar-refractivity contribution in [2.75, 3.05) is 24.5 Å². The normalized spacial score (nSPS) is 17.6. The second-order valence-corrected chi connectivity index (χ2v) is 9.85. The van der Waals surface area contributed by atoms with Gasteiger partial charge in [0, 0.05) is 49.7 Å². The lowest BCUT2D eigenvalue weighted by molar-refractivity contribution is 0.123. The molecule has 0 aliphatic carbocycles. The minimum Gasteiger partial charge on any atom is -0.362 e. The average Bonchev–Trinajstić information content (AvgIpc) is 2.96. The van der Waals surface area contributed by atoms with E-state index >= 15 is 0 Å². The number of halogens is 2. The van der Waals surface area contributed by atoms with E-state index in [0.29, 0.717) is 29.8 Å². The molecule has 1 aliphatic heterocycles. The van der Waals surface area contributed by atoms with Crippen molar-refractivity contribution in [1.82, 2.24) is 14.5 Å². The molecule has 3 heterocycles. The van der Waals surface area contributed by atoms with Crippen LogP contribution in [-0.2, 0) is 7.05 Å². The molecule has 5 rings (SSSR count). The lowest BCUT2D eigenvalue weighted by Crippen LogP contribution is -2.59. The zero-order chi connectivity index (χ0) is 28.4. The summed E-state index contributed by atoms with van der Waals surface area (Å²) in [7, 11) is 1.66. The summed E-state index contributed by atoms with van der Waals surface area (Å²) in [5.41, 5.74) is 12.3. The van der Waals surface area contributed by atoms with Crippen LogP contribution < -0.4 is 10.5 Å². The van der Waals surface area contributed by atoms with Crippen LogP contribution in [0.2, 0.25) is 0 Å². The summed E-state index contributed by atoms with van der Waals surface area (Å²) in [5, 5.41) is 3.89. The first-order valence-corrected chi connectivity index (χ1v) is 12.7. The lowest BCUT2D eigenvalue weighted by atomic mass is 9.93. The predicted molar refractivity (Wildman–Crippen MR) is 149 cm³/mol. The Morgan fingerprint density at radius 1 is 1.05 bits per heavy atom. The third kappa shape index (κ3) is 5.10. The Morgan fingerprint density at radius 3 is 2.25 bits per heavy atom. The van der Waals surface area contributed by atoms with Crippen LogP contribution in [0.25, 0.3) is 26.3 Å². The van der Waals surface area contributed by atoms with E-state index in [0.717, 1.165) is 11.1 Å². The first-order chi connectivity index (χ1) is 19.3. The number of aromatic nitrogens is 2. The highest BCUT2D eigenvalue weighted by Gasteiger charge is 2.38. The van der Waals surface area contributed by atoms with Crippen LogP contribution in [0.5, 0.6) is 0 Å². The van der Waals surface area contributed by atoms with Gasteiger partial charge in [-0.25, -0.2) is 8.78 Å². The molecular formula is C29H26F2N8O. The Hall–Kier alpha value is -4.78. The van der Waals surface area contributed by atoms with E-state index in [1.165, 1.54) is 34.9 Å². The van der Waals surface area contributed by atoms with Crippen molar-refractivity contribution in [3.8, 4) is 0 Å². The molecule has 40 heavy (non-hydrogen) atoms. The maximum absolute atomic E-state index is 13.9. The van der Waals surface area contributed by atoms with Crippen LogP contribution >= 0.6 is 0 Å². The molecule has 0 radical (unpaired) electrons. The summed E-state index contributed by atoms with van der Waals surface area (Å²) in [6.45, 7) is 10.4. The molecule has 0 unspecified atom stereocenters. The second kappa shape index (κ2) is 11.1. The maximum atomic E-state index is 13.9. The number of pyridine rings is 2. The molecule has 4 aromatic rings. The van der Waals surface area contributed by atoms with Gasteiger partial charge in [-0.05, 0) is 60.0 Å². The Morgan fingerprint density at radius 2 is 1.68 bits per heavy atom. The van der Waals surface area contributed by atoms with E-state index in [-0.39, 0.29) is 47.7 Å². The number of nitrogens with zero attached hydrogens (tertiary/aromatic N) is 8. The lowest BCUT2D eigenvalue weighted by Gasteiger charge is -2.49. The number of fused-ring (bicyclic) bond motifs is 1. The topological polar surface area (TPSA) is 94.5 Å². The van der Waals surface area contributed by atoms with Crippen molar-refractivity contribution in [3.05, 3.63) is 122 Å². The van der Waals surface area contributed by atoms with Crippen molar-refractivity contribution in [1.29, 1.82) is 0 Å². The first kappa shape index (κ1) is 26.8. The highest BCUT2D eigenvalue weighted by atomic mass is 19.1. The molecule has 0 amide bonds. The molecule has 0 saturated carbocycles. The monoisotopic (exact) mass is 540 g/mol. The smallest absolute Gasteiger partial charge is 0.270 e. The van der Waals surface area contributed by atoms with Gasteiger partial charge in [-0.2, -0.15) is 0 Å². The van der Waals surface area contributed by atoms with E-state index in [4.69, 9.17) is 6.57 Å². The van der Waals surface area contributed by atoms with E-state index < -0.39 is 0 Å². The fraction of sp³-hybridized carbons (Fsp3) is 0.276. The number of rotatable bonds is 6.